The Morgan fingerprint density at radius 3 is 2.40 bits per heavy atom. The largest absolute Gasteiger partial charge is 0.310 e. The molecule has 0 aliphatic heterocycles. The van der Waals surface area contributed by atoms with Gasteiger partial charge >= 0.3 is 0 Å². The molecule has 25 heavy (non-hydrogen) atoms. The molecule has 0 unspecified atom stereocenters. The molecule has 0 aliphatic rings. The molecule has 0 radical (unpaired) electrons. The van der Waals surface area contributed by atoms with E-state index in [1.165, 1.54) is 6.33 Å². The highest BCUT2D eigenvalue weighted by Gasteiger charge is 2.23. The molecule has 0 atom stereocenters. The van der Waals surface area contributed by atoms with Gasteiger partial charge in [0.05, 0.1) is 18.1 Å². The minimum atomic E-state index is -0.484. The van der Waals surface area contributed by atoms with E-state index >= 15 is 0 Å². The van der Waals surface area contributed by atoms with Gasteiger partial charge in [-0.15, -0.1) is 0 Å². The van der Waals surface area contributed by atoms with Crippen molar-refractivity contribution in [3.05, 3.63) is 12.5 Å². The Morgan fingerprint density at radius 1 is 1.20 bits per heavy atom. The number of hydrogen-bond donors (Lipinski definition) is 1. The number of carbonyl (C=O) groups excluding carboxylic acids is 1. The Labute approximate surface area is 149 Å². The van der Waals surface area contributed by atoms with Gasteiger partial charge in [-0.25, -0.2) is 14.6 Å². The van der Waals surface area contributed by atoms with Crippen molar-refractivity contribution in [2.45, 2.75) is 67.1 Å². The van der Waals surface area contributed by atoms with E-state index in [2.05, 4.69) is 53.0 Å². The van der Waals surface area contributed by atoms with Gasteiger partial charge in [-0.05, 0) is 27.7 Å². The molecular formula is C18H30N6O. The first-order valence-corrected chi connectivity index (χ1v) is 8.85. The summed E-state index contributed by atoms with van der Waals surface area (Å²) in [6.45, 7) is 16.0. The minimum absolute atomic E-state index is 0.0777. The average Bonchev–Trinajstić information content (AvgIpc) is 2.90. The lowest BCUT2D eigenvalue weighted by atomic mass is 9.96. The van der Waals surface area contributed by atoms with Gasteiger partial charge in [0.1, 0.15) is 12.1 Å². The van der Waals surface area contributed by atoms with E-state index in [0.717, 1.165) is 24.1 Å². The van der Waals surface area contributed by atoms with Gasteiger partial charge in [-0.3, -0.25) is 9.69 Å². The summed E-state index contributed by atoms with van der Waals surface area (Å²) in [4.78, 5) is 23.2. The highest BCUT2D eigenvalue weighted by molar-refractivity contribution is 6.00. The van der Waals surface area contributed by atoms with E-state index in [0.29, 0.717) is 17.9 Å². The fourth-order valence-electron chi connectivity index (χ4n) is 2.77. The maximum absolute atomic E-state index is 12.2. The van der Waals surface area contributed by atoms with Gasteiger partial charge in [0, 0.05) is 24.0 Å². The molecule has 1 N–H and O–H groups in total. The molecule has 2 aromatic heterocycles. The number of nitrogens with zero attached hydrogens (tertiary/aromatic N) is 5. The van der Waals surface area contributed by atoms with E-state index < -0.39 is 5.41 Å². The number of carbonyl (C=O) groups is 1. The standard InChI is InChI=1S/C18H30N6O/c1-12(2)23(13(3)4)8-9-24-16-14(10-21-24)15(19-11-20-16)22-17(25)18(5,6)7/h10-13H,8-9H2,1-7H3,(H,19,20,22,25). The Kier molecular flexibility index (Phi) is 5.77. The van der Waals surface area contributed by atoms with Gasteiger partial charge in [-0.2, -0.15) is 5.10 Å². The molecular weight excluding hydrogens is 316 g/mol. The van der Waals surface area contributed by atoms with Gasteiger partial charge in [0.15, 0.2) is 5.65 Å². The van der Waals surface area contributed by atoms with E-state index in [-0.39, 0.29) is 5.91 Å². The van der Waals surface area contributed by atoms with Crippen molar-refractivity contribution in [2.75, 3.05) is 11.9 Å². The van der Waals surface area contributed by atoms with Crippen LogP contribution in [0.25, 0.3) is 11.0 Å². The second-order valence-corrected chi connectivity index (χ2v) is 7.96. The summed E-state index contributed by atoms with van der Waals surface area (Å²) in [6.07, 6.45) is 3.20. The molecule has 0 aromatic carbocycles. The minimum Gasteiger partial charge on any atom is -0.310 e. The molecule has 0 fully saturated rings. The van der Waals surface area contributed by atoms with Crippen molar-refractivity contribution in [1.82, 2.24) is 24.6 Å². The summed E-state index contributed by atoms with van der Waals surface area (Å²) >= 11 is 0. The molecule has 0 saturated carbocycles. The smallest absolute Gasteiger partial charge is 0.230 e. The zero-order valence-electron chi connectivity index (χ0n) is 16.4. The van der Waals surface area contributed by atoms with Crippen LogP contribution in [0, 0.1) is 5.41 Å². The molecule has 0 bridgehead atoms. The third-order valence-corrected chi connectivity index (χ3v) is 4.24. The van der Waals surface area contributed by atoms with Crippen molar-refractivity contribution in [2.24, 2.45) is 5.41 Å². The lowest BCUT2D eigenvalue weighted by Crippen LogP contribution is -2.39. The zero-order chi connectivity index (χ0) is 18.8. The summed E-state index contributed by atoms with van der Waals surface area (Å²) < 4.78 is 1.88. The van der Waals surface area contributed by atoms with Crippen LogP contribution in [0.3, 0.4) is 0 Å². The number of rotatable bonds is 6. The molecule has 7 nitrogen and oxygen atoms in total. The lowest BCUT2D eigenvalue weighted by Gasteiger charge is -2.30. The highest BCUT2D eigenvalue weighted by atomic mass is 16.2. The SMILES string of the molecule is CC(C)N(CCn1ncc2c(NC(=O)C(C)(C)C)ncnc21)C(C)C. The van der Waals surface area contributed by atoms with Crippen LogP contribution >= 0.6 is 0 Å². The highest BCUT2D eigenvalue weighted by Crippen LogP contribution is 2.22. The lowest BCUT2D eigenvalue weighted by molar-refractivity contribution is -0.123. The topological polar surface area (TPSA) is 75.9 Å². The molecule has 0 aliphatic carbocycles. The summed E-state index contributed by atoms with van der Waals surface area (Å²) in [5, 5.41) is 8.10. The number of fused-ring (bicyclic) bond motifs is 1. The van der Waals surface area contributed by atoms with E-state index in [1.54, 1.807) is 6.20 Å². The Bertz CT molecular complexity index is 721. The van der Waals surface area contributed by atoms with Gasteiger partial charge in [-0.1, -0.05) is 20.8 Å². The Morgan fingerprint density at radius 2 is 1.84 bits per heavy atom. The number of amides is 1. The molecule has 2 rings (SSSR count). The fraction of sp³-hybridized carbons (Fsp3) is 0.667. The maximum Gasteiger partial charge on any atom is 0.230 e. The predicted octanol–water partition coefficient (Wildman–Crippen LogP) is 2.93. The van der Waals surface area contributed by atoms with Crippen molar-refractivity contribution in [1.29, 1.82) is 0 Å². The van der Waals surface area contributed by atoms with Crippen molar-refractivity contribution < 1.29 is 4.79 Å². The normalized spacial score (nSPS) is 12.6. The number of nitrogens with one attached hydrogen (secondary N) is 1. The van der Waals surface area contributed by atoms with Crippen LogP contribution in [0.1, 0.15) is 48.5 Å². The monoisotopic (exact) mass is 346 g/mol. The maximum atomic E-state index is 12.2. The fourth-order valence-corrected chi connectivity index (χ4v) is 2.77. The van der Waals surface area contributed by atoms with E-state index in [4.69, 9.17) is 0 Å². The Hall–Kier alpha value is -2.02. The molecule has 7 heteroatoms. The van der Waals surface area contributed by atoms with Crippen LogP contribution in [0.4, 0.5) is 5.82 Å². The van der Waals surface area contributed by atoms with Gasteiger partial charge in [0.25, 0.3) is 0 Å². The Balaban J connectivity index is 2.22. The summed E-state index contributed by atoms with van der Waals surface area (Å²) in [6, 6.07) is 0.941. The summed E-state index contributed by atoms with van der Waals surface area (Å²) in [7, 11) is 0. The first-order valence-electron chi connectivity index (χ1n) is 8.85. The van der Waals surface area contributed by atoms with Crippen molar-refractivity contribution in [3.63, 3.8) is 0 Å². The molecule has 2 aromatic rings. The van der Waals surface area contributed by atoms with Crippen LogP contribution < -0.4 is 5.32 Å². The van der Waals surface area contributed by atoms with Gasteiger partial charge in [0.2, 0.25) is 5.91 Å². The second kappa shape index (κ2) is 7.47. The van der Waals surface area contributed by atoms with Crippen LogP contribution in [0.15, 0.2) is 12.5 Å². The second-order valence-electron chi connectivity index (χ2n) is 7.96. The van der Waals surface area contributed by atoms with Crippen LogP contribution in [-0.2, 0) is 11.3 Å². The summed E-state index contributed by atoms with van der Waals surface area (Å²) in [5.74, 6) is 0.437. The van der Waals surface area contributed by atoms with Crippen LogP contribution in [0.5, 0.6) is 0 Å². The molecule has 138 valence electrons. The zero-order valence-corrected chi connectivity index (χ0v) is 16.4. The quantitative estimate of drug-likeness (QED) is 0.870. The first kappa shape index (κ1) is 19.3. The van der Waals surface area contributed by atoms with E-state index in [1.807, 2.05) is 25.5 Å². The number of anilines is 1. The van der Waals surface area contributed by atoms with Crippen molar-refractivity contribution >= 4 is 22.8 Å². The average molecular weight is 346 g/mol. The predicted molar refractivity (Wildman–Crippen MR) is 100 cm³/mol. The number of aromatic nitrogens is 4. The van der Waals surface area contributed by atoms with Crippen molar-refractivity contribution in [3.8, 4) is 0 Å². The molecule has 0 spiro atoms. The third kappa shape index (κ3) is 4.54. The molecule has 1 amide bonds. The summed E-state index contributed by atoms with van der Waals surface area (Å²) in [5.41, 5.74) is 0.258. The van der Waals surface area contributed by atoms with Crippen LogP contribution in [0.2, 0.25) is 0 Å². The first-order chi connectivity index (χ1) is 11.6. The van der Waals surface area contributed by atoms with E-state index in [9.17, 15) is 4.79 Å². The molecule has 0 saturated heterocycles. The van der Waals surface area contributed by atoms with Gasteiger partial charge < -0.3 is 5.32 Å². The molecule has 2 heterocycles. The number of hydrogen-bond acceptors (Lipinski definition) is 5. The van der Waals surface area contributed by atoms with Crippen LogP contribution in [-0.4, -0.2) is 49.2 Å². The third-order valence-electron chi connectivity index (χ3n) is 4.24.